The van der Waals surface area contributed by atoms with Crippen LogP contribution in [0.1, 0.15) is 0 Å². The molecule has 2 aliphatic rings. The number of hydrogen-bond acceptors (Lipinski definition) is 7. The average molecular weight is 312 g/mol. The number of nitrogens with one attached hydrogen (secondary N) is 2. The fourth-order valence-corrected chi connectivity index (χ4v) is 2.52. The third-order valence-corrected chi connectivity index (χ3v) is 3.79. The molecule has 0 aromatic carbocycles. The molecule has 1 aromatic heterocycles. The minimum atomic E-state index is 0.246. The van der Waals surface area contributed by atoms with Crippen molar-refractivity contribution in [3.05, 3.63) is 23.5 Å². The van der Waals surface area contributed by atoms with Crippen molar-refractivity contribution in [3.8, 4) is 0 Å². The van der Waals surface area contributed by atoms with Crippen molar-refractivity contribution in [2.24, 2.45) is 0 Å². The number of quaternary nitrogens is 1. The smallest absolute Gasteiger partial charge is 0.242 e. The van der Waals surface area contributed by atoms with Gasteiger partial charge in [-0.15, -0.1) is 0 Å². The molecule has 0 spiro atoms. The molecule has 9 heteroatoms. The van der Waals surface area contributed by atoms with Crippen molar-refractivity contribution in [3.63, 3.8) is 0 Å². The van der Waals surface area contributed by atoms with Crippen LogP contribution >= 0.6 is 11.6 Å². The SMILES string of the molecule is CN1CCN(c2cnc(Cl)nc2NC2=CN(C)N[NH2+]2)CC1. The molecule has 0 radical (unpaired) electrons. The summed E-state index contributed by atoms with van der Waals surface area (Å²) in [4.78, 5) is 13.1. The van der Waals surface area contributed by atoms with Gasteiger partial charge in [0.1, 0.15) is 6.20 Å². The van der Waals surface area contributed by atoms with Crippen LogP contribution in [0.15, 0.2) is 18.2 Å². The van der Waals surface area contributed by atoms with E-state index in [2.05, 4.69) is 37.7 Å². The Balaban J connectivity index is 1.81. The molecule has 0 aliphatic carbocycles. The van der Waals surface area contributed by atoms with Crippen molar-refractivity contribution in [1.82, 2.24) is 25.4 Å². The van der Waals surface area contributed by atoms with E-state index in [1.165, 1.54) is 0 Å². The molecule has 3 heterocycles. The van der Waals surface area contributed by atoms with Gasteiger partial charge >= 0.3 is 0 Å². The number of nitrogens with two attached hydrogens (primary N) is 1. The van der Waals surface area contributed by atoms with E-state index in [0.29, 0.717) is 0 Å². The number of hydrogen-bond donors (Lipinski definition) is 3. The first kappa shape index (κ1) is 14.3. The Morgan fingerprint density at radius 3 is 2.71 bits per heavy atom. The number of anilines is 2. The summed E-state index contributed by atoms with van der Waals surface area (Å²) in [6, 6.07) is 0. The molecular formula is C12H20ClN8+. The van der Waals surface area contributed by atoms with Crippen molar-refractivity contribution in [1.29, 1.82) is 0 Å². The molecule has 0 atom stereocenters. The first-order valence-corrected chi connectivity index (χ1v) is 7.27. The molecule has 21 heavy (non-hydrogen) atoms. The average Bonchev–Trinajstić information content (AvgIpc) is 2.86. The summed E-state index contributed by atoms with van der Waals surface area (Å²) in [5.74, 6) is 1.67. The maximum atomic E-state index is 5.95. The van der Waals surface area contributed by atoms with E-state index < -0.39 is 0 Å². The second-order valence-corrected chi connectivity index (χ2v) is 5.60. The Labute approximate surface area is 128 Å². The Bertz CT molecular complexity index is 540. The summed E-state index contributed by atoms with van der Waals surface area (Å²) >= 11 is 5.95. The van der Waals surface area contributed by atoms with Crippen LogP contribution in [0.25, 0.3) is 0 Å². The molecule has 8 nitrogen and oxygen atoms in total. The number of aromatic nitrogens is 2. The quantitative estimate of drug-likeness (QED) is 0.489. The summed E-state index contributed by atoms with van der Waals surface area (Å²) in [5, 5.41) is 5.41. The van der Waals surface area contributed by atoms with Crippen LogP contribution in [0, 0.1) is 0 Å². The Hall–Kier alpha value is -1.61. The van der Waals surface area contributed by atoms with Gasteiger partial charge in [-0.25, -0.2) is 10.4 Å². The minimum absolute atomic E-state index is 0.246. The van der Waals surface area contributed by atoms with Gasteiger partial charge in [0.25, 0.3) is 0 Å². The maximum absolute atomic E-state index is 5.95. The van der Waals surface area contributed by atoms with E-state index in [4.69, 9.17) is 11.6 Å². The molecule has 1 saturated heterocycles. The van der Waals surface area contributed by atoms with E-state index in [-0.39, 0.29) is 5.28 Å². The van der Waals surface area contributed by atoms with E-state index in [1.54, 1.807) is 6.20 Å². The highest BCUT2D eigenvalue weighted by Gasteiger charge is 2.21. The lowest BCUT2D eigenvalue weighted by molar-refractivity contribution is -0.673. The van der Waals surface area contributed by atoms with Crippen molar-refractivity contribution in [2.75, 3.05) is 50.5 Å². The van der Waals surface area contributed by atoms with Gasteiger partial charge in [0.05, 0.1) is 11.9 Å². The topological polar surface area (TPSA) is 76.2 Å². The monoisotopic (exact) mass is 311 g/mol. The third kappa shape index (κ3) is 3.35. The molecule has 0 bridgehead atoms. The van der Waals surface area contributed by atoms with Crippen molar-refractivity contribution in [2.45, 2.75) is 0 Å². The van der Waals surface area contributed by atoms with Gasteiger partial charge in [-0.3, -0.25) is 10.3 Å². The van der Waals surface area contributed by atoms with Crippen LogP contribution in [0.4, 0.5) is 11.5 Å². The highest BCUT2D eigenvalue weighted by atomic mass is 35.5. The maximum Gasteiger partial charge on any atom is 0.242 e. The lowest BCUT2D eigenvalue weighted by Gasteiger charge is -2.34. The van der Waals surface area contributed by atoms with Crippen LogP contribution in [0.5, 0.6) is 0 Å². The summed E-state index contributed by atoms with van der Waals surface area (Å²) in [6.45, 7) is 3.97. The number of likely N-dealkylation sites (N-methyl/N-ethyl adjacent to an activating group) is 1. The van der Waals surface area contributed by atoms with Crippen LogP contribution in [0.3, 0.4) is 0 Å². The zero-order chi connectivity index (χ0) is 14.8. The molecule has 114 valence electrons. The number of hydrazine groups is 1. The molecule has 3 rings (SSSR count). The fourth-order valence-electron chi connectivity index (χ4n) is 2.38. The predicted molar refractivity (Wildman–Crippen MR) is 81.3 cm³/mol. The van der Waals surface area contributed by atoms with Crippen LogP contribution < -0.4 is 21.2 Å². The summed E-state index contributed by atoms with van der Waals surface area (Å²) < 4.78 is 0. The van der Waals surface area contributed by atoms with Crippen molar-refractivity contribution < 1.29 is 5.43 Å². The zero-order valence-electron chi connectivity index (χ0n) is 12.2. The van der Waals surface area contributed by atoms with Gasteiger partial charge < -0.3 is 9.80 Å². The van der Waals surface area contributed by atoms with Crippen LogP contribution in [0.2, 0.25) is 5.28 Å². The highest BCUT2D eigenvalue weighted by Crippen LogP contribution is 2.25. The summed E-state index contributed by atoms with van der Waals surface area (Å²) in [5.41, 5.74) is 5.93. The number of halogens is 1. The first-order valence-electron chi connectivity index (χ1n) is 6.89. The second kappa shape index (κ2) is 6.02. The summed E-state index contributed by atoms with van der Waals surface area (Å²) in [7, 11) is 4.06. The molecule has 1 fully saturated rings. The van der Waals surface area contributed by atoms with Gasteiger partial charge in [-0.1, -0.05) is 5.53 Å². The second-order valence-electron chi connectivity index (χ2n) is 5.26. The largest absolute Gasteiger partial charge is 0.365 e. The first-order chi connectivity index (χ1) is 10.1. The van der Waals surface area contributed by atoms with Gasteiger partial charge in [-0.05, 0) is 18.6 Å². The van der Waals surface area contributed by atoms with E-state index in [9.17, 15) is 0 Å². The Morgan fingerprint density at radius 2 is 2.05 bits per heavy atom. The van der Waals surface area contributed by atoms with E-state index in [0.717, 1.165) is 43.5 Å². The molecule has 0 saturated carbocycles. The lowest BCUT2D eigenvalue weighted by Crippen LogP contribution is -2.91. The minimum Gasteiger partial charge on any atom is -0.365 e. The zero-order valence-corrected chi connectivity index (χ0v) is 12.9. The molecule has 0 unspecified atom stereocenters. The Morgan fingerprint density at radius 1 is 1.29 bits per heavy atom. The number of piperazine rings is 1. The molecular weight excluding hydrogens is 292 g/mol. The molecule has 1 aromatic rings. The fraction of sp³-hybridized carbons (Fsp3) is 0.500. The number of rotatable bonds is 3. The predicted octanol–water partition coefficient (Wildman–Crippen LogP) is -0.979. The molecule has 0 amide bonds. The number of nitrogens with zero attached hydrogens (tertiary/aromatic N) is 5. The normalized spacial score (nSPS) is 19.9. The molecule has 4 N–H and O–H groups in total. The van der Waals surface area contributed by atoms with Gasteiger partial charge in [0, 0.05) is 33.2 Å². The van der Waals surface area contributed by atoms with Gasteiger partial charge in [-0.2, -0.15) is 4.98 Å². The highest BCUT2D eigenvalue weighted by molar-refractivity contribution is 6.28. The van der Waals surface area contributed by atoms with Crippen LogP contribution in [-0.4, -0.2) is 60.2 Å². The lowest BCUT2D eigenvalue weighted by atomic mass is 10.3. The van der Waals surface area contributed by atoms with Gasteiger partial charge in [0.15, 0.2) is 5.82 Å². The standard InChI is InChI=1S/C12H19ClN8/c1-19-3-5-21(6-4-19)9-7-14-12(13)16-11(9)15-10-8-20(2)18-17-10/h7-8,17-18H,3-6H2,1-2H3,(H,14,15,16)/p+1. The van der Waals surface area contributed by atoms with Gasteiger partial charge in [0.2, 0.25) is 11.1 Å². The summed E-state index contributed by atoms with van der Waals surface area (Å²) in [6.07, 6.45) is 3.74. The third-order valence-electron chi connectivity index (χ3n) is 3.60. The van der Waals surface area contributed by atoms with Crippen LogP contribution in [-0.2, 0) is 0 Å². The van der Waals surface area contributed by atoms with E-state index in [1.807, 2.05) is 23.7 Å². The molecule has 2 aliphatic heterocycles. The Kier molecular flexibility index (Phi) is 4.11. The van der Waals surface area contributed by atoms with Crippen molar-refractivity contribution >= 4 is 23.1 Å². The van der Waals surface area contributed by atoms with E-state index >= 15 is 0 Å².